The minimum absolute atomic E-state index is 0.125. The lowest BCUT2D eigenvalue weighted by Crippen LogP contribution is -2.34. The maximum atomic E-state index is 11.8. The second-order valence-electron chi connectivity index (χ2n) is 4.16. The van der Waals surface area contributed by atoms with Crippen LogP contribution in [0.3, 0.4) is 0 Å². The quantitative estimate of drug-likeness (QED) is 0.910. The molecule has 4 heteroatoms. The van der Waals surface area contributed by atoms with Crippen LogP contribution < -0.4 is 5.73 Å². The van der Waals surface area contributed by atoms with Gasteiger partial charge in [-0.1, -0.05) is 13.8 Å². The number of halogens is 1. The highest BCUT2D eigenvalue weighted by molar-refractivity contribution is 9.10. The molecule has 15 heavy (non-hydrogen) atoms. The van der Waals surface area contributed by atoms with Gasteiger partial charge in [0.25, 0.3) is 0 Å². The van der Waals surface area contributed by atoms with Crippen molar-refractivity contribution < 1.29 is 4.79 Å². The van der Waals surface area contributed by atoms with Crippen molar-refractivity contribution in [1.82, 2.24) is 4.98 Å². The van der Waals surface area contributed by atoms with Crippen molar-refractivity contribution in [3.63, 3.8) is 0 Å². The summed E-state index contributed by atoms with van der Waals surface area (Å²) in [7, 11) is 0. The number of Topliss-reactive ketones (excluding diaryl/α,β-unsaturated/α-hetero) is 1. The predicted molar refractivity (Wildman–Crippen MR) is 63.5 cm³/mol. The molecule has 82 valence electrons. The summed E-state index contributed by atoms with van der Waals surface area (Å²) in [5.41, 5.74) is 5.85. The Balaban J connectivity index is 2.71. The van der Waals surface area contributed by atoms with Crippen molar-refractivity contribution in [3.05, 3.63) is 28.5 Å². The summed E-state index contributed by atoms with van der Waals surface area (Å²) < 4.78 is 0.914. The van der Waals surface area contributed by atoms with Gasteiger partial charge in [0.15, 0.2) is 0 Å². The zero-order valence-corrected chi connectivity index (χ0v) is 10.5. The van der Waals surface area contributed by atoms with E-state index in [2.05, 4.69) is 20.9 Å². The molecule has 1 aromatic heterocycles. The SMILES string of the molecule is CC(C)(CN)C(=O)Cc1ccc(Br)cn1. The van der Waals surface area contributed by atoms with E-state index < -0.39 is 5.41 Å². The van der Waals surface area contributed by atoms with E-state index >= 15 is 0 Å². The molecule has 0 radical (unpaired) electrons. The van der Waals surface area contributed by atoms with Gasteiger partial charge in [0.1, 0.15) is 5.78 Å². The van der Waals surface area contributed by atoms with Crippen LogP contribution in [0, 0.1) is 5.41 Å². The summed E-state index contributed by atoms with van der Waals surface area (Å²) in [4.78, 5) is 16.0. The molecule has 0 aliphatic carbocycles. The monoisotopic (exact) mass is 270 g/mol. The Kier molecular flexibility index (Phi) is 3.99. The van der Waals surface area contributed by atoms with Crippen molar-refractivity contribution >= 4 is 21.7 Å². The molecule has 0 saturated heterocycles. The average molecular weight is 271 g/mol. The molecule has 0 atom stereocenters. The van der Waals surface area contributed by atoms with E-state index in [1.54, 1.807) is 6.20 Å². The minimum atomic E-state index is -0.464. The van der Waals surface area contributed by atoms with Crippen LogP contribution in [0.1, 0.15) is 19.5 Å². The molecule has 2 N–H and O–H groups in total. The van der Waals surface area contributed by atoms with Crippen LogP contribution in [0.25, 0.3) is 0 Å². The van der Waals surface area contributed by atoms with Crippen molar-refractivity contribution in [1.29, 1.82) is 0 Å². The molecule has 1 rings (SSSR count). The number of carbonyl (C=O) groups is 1. The third-order valence-electron chi connectivity index (χ3n) is 2.40. The zero-order chi connectivity index (χ0) is 11.5. The molecule has 3 nitrogen and oxygen atoms in total. The van der Waals surface area contributed by atoms with E-state index in [-0.39, 0.29) is 5.78 Å². The number of hydrogen-bond acceptors (Lipinski definition) is 3. The van der Waals surface area contributed by atoms with Crippen LogP contribution in [0.15, 0.2) is 22.8 Å². The van der Waals surface area contributed by atoms with Crippen LogP contribution in [-0.2, 0) is 11.2 Å². The van der Waals surface area contributed by atoms with E-state index in [1.807, 2.05) is 26.0 Å². The van der Waals surface area contributed by atoms with Gasteiger partial charge >= 0.3 is 0 Å². The first kappa shape index (κ1) is 12.3. The highest BCUT2D eigenvalue weighted by Crippen LogP contribution is 2.17. The molecule has 0 aliphatic heterocycles. The van der Waals surface area contributed by atoms with Crippen LogP contribution in [-0.4, -0.2) is 17.3 Å². The molecular weight excluding hydrogens is 256 g/mol. The van der Waals surface area contributed by atoms with Crippen LogP contribution in [0.2, 0.25) is 0 Å². The van der Waals surface area contributed by atoms with Gasteiger partial charge in [-0.05, 0) is 28.1 Å². The van der Waals surface area contributed by atoms with Gasteiger partial charge in [-0.2, -0.15) is 0 Å². The highest BCUT2D eigenvalue weighted by atomic mass is 79.9. The number of nitrogens with zero attached hydrogens (tertiary/aromatic N) is 1. The number of carbonyl (C=O) groups excluding carboxylic acids is 1. The number of pyridine rings is 1. The topological polar surface area (TPSA) is 56.0 Å². The molecule has 0 amide bonds. The fourth-order valence-electron chi connectivity index (χ4n) is 1.03. The second kappa shape index (κ2) is 4.86. The predicted octanol–water partition coefficient (Wildman–Crippen LogP) is 1.94. The number of nitrogens with two attached hydrogens (primary N) is 1. The Morgan fingerprint density at radius 3 is 2.67 bits per heavy atom. The Morgan fingerprint density at radius 2 is 2.20 bits per heavy atom. The average Bonchev–Trinajstić information content (AvgIpc) is 2.21. The Bertz CT molecular complexity index is 346. The number of aromatic nitrogens is 1. The maximum Gasteiger partial charge on any atom is 0.145 e. The number of ketones is 1. The molecular formula is C11H15BrN2O. The van der Waals surface area contributed by atoms with Crippen molar-refractivity contribution in [2.75, 3.05) is 6.54 Å². The van der Waals surface area contributed by atoms with E-state index in [0.717, 1.165) is 10.2 Å². The standard InChI is InChI=1S/C11H15BrN2O/c1-11(2,7-13)10(15)5-9-4-3-8(12)6-14-9/h3-4,6H,5,7,13H2,1-2H3. The molecule has 0 unspecified atom stereocenters. The summed E-state index contributed by atoms with van der Waals surface area (Å²) in [5.74, 6) is 0.125. The van der Waals surface area contributed by atoms with Gasteiger partial charge in [0, 0.05) is 34.7 Å². The third-order valence-corrected chi connectivity index (χ3v) is 2.86. The lowest BCUT2D eigenvalue weighted by molar-refractivity contribution is -0.126. The lowest BCUT2D eigenvalue weighted by Gasteiger charge is -2.20. The Hall–Kier alpha value is -0.740. The first-order valence-electron chi connectivity index (χ1n) is 4.79. The molecule has 0 spiro atoms. The van der Waals surface area contributed by atoms with Crippen molar-refractivity contribution in [2.45, 2.75) is 20.3 Å². The van der Waals surface area contributed by atoms with Gasteiger partial charge in [-0.15, -0.1) is 0 Å². The summed E-state index contributed by atoms with van der Waals surface area (Å²) in [6.45, 7) is 4.07. The zero-order valence-electron chi connectivity index (χ0n) is 8.96. The van der Waals surface area contributed by atoms with Gasteiger partial charge in [0.05, 0.1) is 0 Å². The van der Waals surface area contributed by atoms with Crippen LogP contribution in [0.4, 0.5) is 0 Å². The van der Waals surface area contributed by atoms with E-state index in [9.17, 15) is 4.79 Å². The minimum Gasteiger partial charge on any atom is -0.329 e. The number of hydrogen-bond donors (Lipinski definition) is 1. The van der Waals surface area contributed by atoms with Gasteiger partial charge < -0.3 is 5.73 Å². The fraction of sp³-hybridized carbons (Fsp3) is 0.455. The van der Waals surface area contributed by atoms with E-state index in [4.69, 9.17) is 5.73 Å². The first-order chi connectivity index (χ1) is 6.95. The Labute approximate surface area is 98.2 Å². The van der Waals surface area contributed by atoms with E-state index in [0.29, 0.717) is 13.0 Å². The van der Waals surface area contributed by atoms with Crippen molar-refractivity contribution in [3.8, 4) is 0 Å². The van der Waals surface area contributed by atoms with Gasteiger partial charge in [-0.25, -0.2) is 0 Å². The van der Waals surface area contributed by atoms with Crippen LogP contribution >= 0.6 is 15.9 Å². The highest BCUT2D eigenvalue weighted by Gasteiger charge is 2.25. The molecule has 0 fully saturated rings. The van der Waals surface area contributed by atoms with Crippen LogP contribution in [0.5, 0.6) is 0 Å². The smallest absolute Gasteiger partial charge is 0.145 e. The first-order valence-corrected chi connectivity index (χ1v) is 5.59. The maximum absolute atomic E-state index is 11.8. The summed E-state index contributed by atoms with van der Waals surface area (Å²) in [5, 5.41) is 0. The largest absolute Gasteiger partial charge is 0.329 e. The summed E-state index contributed by atoms with van der Waals surface area (Å²) in [6.07, 6.45) is 2.04. The molecule has 1 aromatic rings. The Morgan fingerprint density at radius 1 is 1.53 bits per heavy atom. The van der Waals surface area contributed by atoms with Gasteiger partial charge in [0.2, 0.25) is 0 Å². The third kappa shape index (κ3) is 3.39. The molecule has 0 bridgehead atoms. The fourth-order valence-corrected chi connectivity index (χ4v) is 1.26. The molecule has 0 aromatic carbocycles. The normalized spacial score (nSPS) is 11.5. The number of rotatable bonds is 4. The van der Waals surface area contributed by atoms with Gasteiger partial charge in [-0.3, -0.25) is 9.78 Å². The molecule has 0 saturated carbocycles. The summed E-state index contributed by atoms with van der Waals surface area (Å²) >= 11 is 3.30. The van der Waals surface area contributed by atoms with E-state index in [1.165, 1.54) is 0 Å². The summed E-state index contributed by atoms with van der Waals surface area (Å²) in [6, 6.07) is 3.72. The lowest BCUT2D eigenvalue weighted by atomic mass is 9.86. The molecule has 1 heterocycles. The molecule has 0 aliphatic rings. The van der Waals surface area contributed by atoms with Crippen molar-refractivity contribution in [2.24, 2.45) is 11.1 Å². The second-order valence-corrected chi connectivity index (χ2v) is 5.07.